The van der Waals surface area contributed by atoms with E-state index < -0.39 is 28.5 Å². The van der Waals surface area contributed by atoms with E-state index in [1.165, 1.54) is 4.90 Å². The van der Waals surface area contributed by atoms with Crippen LogP contribution >= 0.6 is 23.2 Å². The predicted octanol–water partition coefficient (Wildman–Crippen LogP) is 5.71. The highest BCUT2D eigenvalue weighted by atomic mass is 35.5. The number of halogens is 2. The molecule has 0 saturated heterocycles. The molecule has 0 radical (unpaired) electrons. The van der Waals surface area contributed by atoms with Gasteiger partial charge in [-0.1, -0.05) is 78.7 Å². The van der Waals surface area contributed by atoms with Crippen molar-refractivity contribution in [1.29, 1.82) is 0 Å². The van der Waals surface area contributed by atoms with E-state index in [4.69, 9.17) is 27.9 Å². The molecule has 0 aliphatic heterocycles. The summed E-state index contributed by atoms with van der Waals surface area (Å²) in [4.78, 5) is 29.4. The first-order valence-corrected chi connectivity index (χ1v) is 16.3. The number of para-hydroxylation sites is 2. The van der Waals surface area contributed by atoms with Crippen LogP contribution in [-0.4, -0.2) is 56.6 Å². The van der Waals surface area contributed by atoms with Crippen molar-refractivity contribution in [3.05, 3.63) is 94.0 Å². The molecule has 0 spiro atoms. The highest BCUT2D eigenvalue weighted by Gasteiger charge is 2.34. The number of carbonyl (C=O) groups excluding carboxylic acids is 2. The second-order valence-electron chi connectivity index (χ2n) is 9.95. The van der Waals surface area contributed by atoms with E-state index in [-0.39, 0.29) is 30.6 Å². The Bertz CT molecular complexity index is 1470. The molecule has 11 heteroatoms. The lowest BCUT2D eigenvalue weighted by Crippen LogP contribution is -2.54. The first-order chi connectivity index (χ1) is 19.9. The van der Waals surface area contributed by atoms with Crippen molar-refractivity contribution >= 4 is 50.7 Å². The average molecular weight is 635 g/mol. The van der Waals surface area contributed by atoms with Gasteiger partial charge in [0.1, 0.15) is 18.3 Å². The Labute approximate surface area is 258 Å². The molecule has 0 aliphatic carbocycles. The maximum Gasteiger partial charge on any atom is 0.244 e. The van der Waals surface area contributed by atoms with Crippen molar-refractivity contribution in [2.45, 2.75) is 52.2 Å². The summed E-state index contributed by atoms with van der Waals surface area (Å²) in [6.07, 6.45) is 1.92. The number of anilines is 1. The van der Waals surface area contributed by atoms with Gasteiger partial charge >= 0.3 is 0 Å². The second kappa shape index (κ2) is 15.3. The molecule has 0 bridgehead atoms. The molecule has 0 aliphatic rings. The van der Waals surface area contributed by atoms with E-state index in [0.717, 1.165) is 16.1 Å². The minimum atomic E-state index is -3.94. The molecule has 0 unspecified atom stereocenters. The van der Waals surface area contributed by atoms with Crippen molar-refractivity contribution < 1.29 is 22.7 Å². The van der Waals surface area contributed by atoms with E-state index in [2.05, 4.69) is 5.32 Å². The van der Waals surface area contributed by atoms with Gasteiger partial charge in [0.15, 0.2) is 0 Å². The van der Waals surface area contributed by atoms with Crippen LogP contribution in [0.25, 0.3) is 0 Å². The maximum absolute atomic E-state index is 14.2. The summed E-state index contributed by atoms with van der Waals surface area (Å²) in [7, 11) is -3.94. The first kappa shape index (κ1) is 33.2. The zero-order valence-electron chi connectivity index (χ0n) is 24.2. The number of sulfonamides is 1. The van der Waals surface area contributed by atoms with Crippen LogP contribution in [0.15, 0.2) is 72.8 Å². The van der Waals surface area contributed by atoms with Crippen LogP contribution in [-0.2, 0) is 32.6 Å². The number of hydrogen-bond donors (Lipinski definition) is 1. The van der Waals surface area contributed by atoms with E-state index >= 15 is 0 Å². The maximum atomic E-state index is 14.2. The third-order valence-electron chi connectivity index (χ3n) is 6.74. The Morgan fingerprint density at radius 3 is 2.26 bits per heavy atom. The third-order valence-corrected chi connectivity index (χ3v) is 8.45. The van der Waals surface area contributed by atoms with Gasteiger partial charge in [0.2, 0.25) is 21.8 Å². The van der Waals surface area contributed by atoms with Crippen LogP contribution in [0.1, 0.15) is 38.3 Å². The Morgan fingerprint density at radius 1 is 0.976 bits per heavy atom. The number of amides is 2. The van der Waals surface area contributed by atoms with E-state index in [1.54, 1.807) is 49.4 Å². The smallest absolute Gasteiger partial charge is 0.244 e. The normalized spacial score (nSPS) is 12.7. The molecule has 8 nitrogen and oxygen atoms in total. The highest BCUT2D eigenvalue weighted by Crippen LogP contribution is 2.31. The number of benzene rings is 3. The Morgan fingerprint density at radius 2 is 1.64 bits per heavy atom. The first-order valence-electron chi connectivity index (χ1n) is 13.7. The molecule has 0 heterocycles. The van der Waals surface area contributed by atoms with Crippen molar-refractivity contribution in [2.24, 2.45) is 0 Å². The van der Waals surface area contributed by atoms with Crippen LogP contribution < -0.4 is 14.4 Å². The van der Waals surface area contributed by atoms with Gasteiger partial charge in [-0.15, -0.1) is 0 Å². The Hall–Kier alpha value is -3.27. The van der Waals surface area contributed by atoms with Crippen LogP contribution in [0, 0.1) is 0 Å². The zero-order chi connectivity index (χ0) is 30.9. The fourth-order valence-corrected chi connectivity index (χ4v) is 5.69. The molecule has 2 amide bonds. The summed E-state index contributed by atoms with van der Waals surface area (Å²) in [5, 5.41) is 3.74. The summed E-state index contributed by atoms with van der Waals surface area (Å²) in [6, 6.07) is 19.8. The van der Waals surface area contributed by atoms with Gasteiger partial charge in [0.05, 0.1) is 18.6 Å². The SMILES string of the molecule is CCOc1ccccc1N(CC(=O)N(Cc1ccc(Cl)cc1Cl)[C@H](Cc1ccccc1)C(=O)N[C@@H](C)CC)S(C)(=O)=O. The number of rotatable bonds is 14. The fraction of sp³-hybridized carbons (Fsp3) is 0.355. The molecule has 3 rings (SSSR count). The van der Waals surface area contributed by atoms with E-state index in [0.29, 0.717) is 34.4 Å². The Balaban J connectivity index is 2.11. The van der Waals surface area contributed by atoms with Gasteiger partial charge in [0, 0.05) is 29.1 Å². The van der Waals surface area contributed by atoms with Gasteiger partial charge in [-0.25, -0.2) is 8.42 Å². The standard InChI is InChI=1S/C31H37Cl2N3O5S/c1-5-22(3)34-31(38)28(18-23-12-8-7-9-13-23)35(20-24-16-17-25(32)19-26(24)33)30(37)21-36(42(4,39)40)27-14-10-11-15-29(27)41-6-2/h7-17,19,22,28H,5-6,18,20-21H2,1-4H3,(H,34,38)/t22-,28+/m0/s1. The van der Waals surface area contributed by atoms with Crippen molar-refractivity contribution in [3.63, 3.8) is 0 Å². The molecule has 226 valence electrons. The van der Waals surface area contributed by atoms with Gasteiger partial charge < -0.3 is 15.0 Å². The summed E-state index contributed by atoms with van der Waals surface area (Å²) in [5.74, 6) is -0.619. The zero-order valence-corrected chi connectivity index (χ0v) is 26.5. The van der Waals surface area contributed by atoms with Gasteiger partial charge in [0.25, 0.3) is 0 Å². The lowest BCUT2D eigenvalue weighted by Gasteiger charge is -2.34. The monoisotopic (exact) mass is 633 g/mol. The molecular formula is C31H37Cl2N3O5S. The quantitative estimate of drug-likeness (QED) is 0.245. The van der Waals surface area contributed by atoms with Crippen LogP contribution in [0.3, 0.4) is 0 Å². The fourth-order valence-electron chi connectivity index (χ4n) is 4.36. The average Bonchev–Trinajstić information content (AvgIpc) is 2.95. The number of hydrogen-bond acceptors (Lipinski definition) is 5. The minimum absolute atomic E-state index is 0.0506. The number of ether oxygens (including phenoxy) is 1. The number of nitrogens with zero attached hydrogens (tertiary/aromatic N) is 2. The molecule has 1 N–H and O–H groups in total. The highest BCUT2D eigenvalue weighted by molar-refractivity contribution is 7.92. The summed E-state index contributed by atoms with van der Waals surface area (Å²) in [5.41, 5.74) is 1.62. The number of carbonyl (C=O) groups is 2. The van der Waals surface area contributed by atoms with Gasteiger partial charge in [-0.3, -0.25) is 13.9 Å². The summed E-state index contributed by atoms with van der Waals surface area (Å²) >= 11 is 12.6. The minimum Gasteiger partial charge on any atom is -0.492 e. The lowest BCUT2D eigenvalue weighted by atomic mass is 10.0. The molecule has 0 aromatic heterocycles. The topological polar surface area (TPSA) is 96.0 Å². The summed E-state index contributed by atoms with van der Waals surface area (Å²) < 4.78 is 32.8. The van der Waals surface area contributed by atoms with Crippen LogP contribution in [0.4, 0.5) is 5.69 Å². The Kier molecular flexibility index (Phi) is 12.1. The lowest BCUT2D eigenvalue weighted by molar-refractivity contribution is -0.140. The van der Waals surface area contributed by atoms with Gasteiger partial charge in [-0.2, -0.15) is 0 Å². The largest absolute Gasteiger partial charge is 0.492 e. The van der Waals surface area contributed by atoms with Crippen molar-refractivity contribution in [1.82, 2.24) is 10.2 Å². The molecule has 0 fully saturated rings. The summed E-state index contributed by atoms with van der Waals surface area (Å²) in [6.45, 7) is 5.32. The van der Waals surface area contributed by atoms with Crippen LogP contribution in [0.2, 0.25) is 10.0 Å². The predicted molar refractivity (Wildman–Crippen MR) is 169 cm³/mol. The van der Waals surface area contributed by atoms with Crippen molar-refractivity contribution in [2.75, 3.05) is 23.7 Å². The van der Waals surface area contributed by atoms with E-state index in [1.807, 2.05) is 44.2 Å². The second-order valence-corrected chi connectivity index (χ2v) is 12.7. The molecule has 3 aromatic carbocycles. The van der Waals surface area contributed by atoms with E-state index in [9.17, 15) is 18.0 Å². The molecule has 42 heavy (non-hydrogen) atoms. The third kappa shape index (κ3) is 9.11. The molecule has 2 atom stereocenters. The van der Waals surface area contributed by atoms with Crippen LogP contribution in [0.5, 0.6) is 5.75 Å². The van der Waals surface area contributed by atoms with Gasteiger partial charge in [-0.05, 0) is 55.7 Å². The van der Waals surface area contributed by atoms with Crippen molar-refractivity contribution in [3.8, 4) is 5.75 Å². The number of nitrogens with one attached hydrogen (secondary N) is 1. The molecular weight excluding hydrogens is 597 g/mol. The molecule has 0 saturated carbocycles. The molecule has 3 aromatic rings.